The fourth-order valence-corrected chi connectivity index (χ4v) is 1.96. The predicted molar refractivity (Wildman–Crippen MR) is 68.3 cm³/mol. The molecular formula is C11H18N2O2S. The number of hydrogen-bond acceptors (Lipinski definition) is 3. The van der Waals surface area contributed by atoms with E-state index in [1.807, 2.05) is 13.2 Å². The molecule has 0 saturated heterocycles. The first-order valence-corrected chi connectivity index (χ1v) is 6.89. The molecule has 16 heavy (non-hydrogen) atoms. The highest BCUT2D eigenvalue weighted by Crippen LogP contribution is 1.95. The number of rotatable bonds is 6. The van der Waals surface area contributed by atoms with Crippen molar-refractivity contribution in [2.75, 3.05) is 12.0 Å². The molecule has 0 unspecified atom stereocenters. The van der Waals surface area contributed by atoms with Gasteiger partial charge in [-0.25, -0.2) is 4.79 Å². The molecule has 0 aliphatic heterocycles. The van der Waals surface area contributed by atoms with Crippen LogP contribution in [0.3, 0.4) is 0 Å². The van der Waals surface area contributed by atoms with E-state index < -0.39 is 0 Å². The zero-order chi connectivity index (χ0) is 12.0. The number of aryl methyl sites for hydroxylation is 1. The molecule has 0 aliphatic carbocycles. The molecule has 0 atom stereocenters. The van der Waals surface area contributed by atoms with Gasteiger partial charge in [-0.2, -0.15) is 11.8 Å². The summed E-state index contributed by atoms with van der Waals surface area (Å²) in [7, 11) is 0. The Morgan fingerprint density at radius 1 is 1.31 bits per heavy atom. The summed E-state index contributed by atoms with van der Waals surface area (Å²) in [6, 6.07) is 1.47. The summed E-state index contributed by atoms with van der Waals surface area (Å²) in [6.07, 6.45) is 5.34. The van der Waals surface area contributed by atoms with Gasteiger partial charge in [0.15, 0.2) is 0 Å². The number of hydrogen-bond donors (Lipinski definition) is 0. The normalized spacial score (nSPS) is 10.6. The fourth-order valence-electron chi connectivity index (χ4n) is 1.54. The average molecular weight is 242 g/mol. The molecular weight excluding hydrogens is 224 g/mol. The monoisotopic (exact) mass is 242 g/mol. The summed E-state index contributed by atoms with van der Waals surface area (Å²) in [5.41, 5.74) is -0.381. The quantitative estimate of drug-likeness (QED) is 0.703. The first-order valence-electron chi connectivity index (χ1n) is 5.50. The molecule has 0 radical (unpaired) electrons. The van der Waals surface area contributed by atoms with Gasteiger partial charge in [0.2, 0.25) is 0 Å². The molecule has 1 heterocycles. The summed E-state index contributed by atoms with van der Waals surface area (Å²) < 4.78 is 2.92. The Morgan fingerprint density at radius 2 is 2.06 bits per heavy atom. The highest BCUT2D eigenvalue weighted by Gasteiger charge is 2.03. The van der Waals surface area contributed by atoms with Crippen molar-refractivity contribution in [3.05, 3.63) is 33.1 Å². The van der Waals surface area contributed by atoms with E-state index in [1.165, 1.54) is 10.6 Å². The summed E-state index contributed by atoms with van der Waals surface area (Å²) in [6.45, 7) is 3.19. The minimum atomic E-state index is -0.196. The van der Waals surface area contributed by atoms with Crippen LogP contribution < -0.4 is 11.2 Å². The lowest BCUT2D eigenvalue weighted by Gasteiger charge is -2.08. The first kappa shape index (κ1) is 13.1. The van der Waals surface area contributed by atoms with Crippen molar-refractivity contribution in [3.63, 3.8) is 0 Å². The second-order valence-corrected chi connectivity index (χ2v) is 4.61. The molecule has 1 rings (SSSR count). The highest BCUT2D eigenvalue weighted by atomic mass is 32.2. The molecule has 5 heteroatoms. The first-order chi connectivity index (χ1) is 7.70. The molecule has 0 saturated carbocycles. The maximum atomic E-state index is 11.9. The smallest absolute Gasteiger partial charge is 0.300 e. The van der Waals surface area contributed by atoms with E-state index in [0.29, 0.717) is 13.1 Å². The van der Waals surface area contributed by atoms with Crippen LogP contribution in [0.15, 0.2) is 21.9 Å². The van der Waals surface area contributed by atoms with Gasteiger partial charge in [0.25, 0.3) is 5.56 Å². The third-order valence-corrected chi connectivity index (χ3v) is 3.03. The van der Waals surface area contributed by atoms with Crippen LogP contribution in [0.25, 0.3) is 0 Å². The van der Waals surface area contributed by atoms with Crippen LogP contribution in [0.1, 0.15) is 19.8 Å². The maximum Gasteiger partial charge on any atom is 0.330 e. The molecule has 1 aromatic heterocycles. The Kier molecular flexibility index (Phi) is 5.38. The highest BCUT2D eigenvalue weighted by molar-refractivity contribution is 7.98. The van der Waals surface area contributed by atoms with Crippen molar-refractivity contribution in [2.45, 2.75) is 32.9 Å². The van der Waals surface area contributed by atoms with Gasteiger partial charge in [-0.3, -0.25) is 9.36 Å². The van der Waals surface area contributed by atoms with Gasteiger partial charge in [0.1, 0.15) is 0 Å². The van der Waals surface area contributed by atoms with Crippen LogP contribution in [0.5, 0.6) is 0 Å². The van der Waals surface area contributed by atoms with Gasteiger partial charge in [0, 0.05) is 25.4 Å². The second-order valence-electron chi connectivity index (χ2n) is 3.63. The Balaban J connectivity index is 2.93. The zero-order valence-electron chi connectivity index (χ0n) is 9.81. The summed E-state index contributed by atoms with van der Waals surface area (Å²) in [5, 5.41) is 0. The van der Waals surface area contributed by atoms with Gasteiger partial charge in [-0.15, -0.1) is 0 Å². The van der Waals surface area contributed by atoms with Crippen molar-refractivity contribution in [3.8, 4) is 0 Å². The predicted octanol–water partition coefficient (Wildman–Crippen LogP) is 1.17. The van der Waals surface area contributed by atoms with E-state index in [4.69, 9.17) is 0 Å². The van der Waals surface area contributed by atoms with Gasteiger partial charge in [0.05, 0.1) is 0 Å². The molecule has 0 bridgehead atoms. The Hall–Kier alpha value is -0.970. The molecule has 0 aromatic carbocycles. The van der Waals surface area contributed by atoms with E-state index in [-0.39, 0.29) is 11.2 Å². The fraction of sp³-hybridized carbons (Fsp3) is 0.636. The summed E-state index contributed by atoms with van der Waals surface area (Å²) in [4.78, 5) is 23.4. The van der Waals surface area contributed by atoms with Crippen LogP contribution in [0.2, 0.25) is 0 Å². The molecule has 90 valence electrons. The molecule has 0 amide bonds. The SMILES string of the molecule is CCCn1ccc(=O)n(CCCSC)c1=O. The van der Waals surface area contributed by atoms with Crippen molar-refractivity contribution < 1.29 is 0 Å². The number of nitrogens with zero attached hydrogens (tertiary/aromatic N) is 2. The third-order valence-electron chi connectivity index (χ3n) is 2.33. The molecule has 0 N–H and O–H groups in total. The van der Waals surface area contributed by atoms with Gasteiger partial charge >= 0.3 is 5.69 Å². The van der Waals surface area contributed by atoms with Gasteiger partial charge in [-0.1, -0.05) is 6.92 Å². The average Bonchev–Trinajstić information content (AvgIpc) is 2.27. The largest absolute Gasteiger partial charge is 0.330 e. The standard InChI is InChI=1S/C11H18N2O2S/c1-3-6-12-8-5-10(14)13(11(12)15)7-4-9-16-2/h5,8H,3-4,6-7,9H2,1-2H3. The molecule has 0 spiro atoms. The molecule has 0 aliphatic rings. The van der Waals surface area contributed by atoms with E-state index in [9.17, 15) is 9.59 Å². The second kappa shape index (κ2) is 6.58. The molecule has 1 aromatic rings. The minimum absolute atomic E-state index is 0.185. The van der Waals surface area contributed by atoms with Crippen LogP contribution in [0, 0.1) is 0 Å². The van der Waals surface area contributed by atoms with Crippen molar-refractivity contribution in [1.82, 2.24) is 9.13 Å². The lowest BCUT2D eigenvalue weighted by Crippen LogP contribution is -2.39. The van der Waals surface area contributed by atoms with Crippen molar-refractivity contribution in [2.24, 2.45) is 0 Å². The summed E-state index contributed by atoms with van der Waals surface area (Å²) >= 11 is 1.72. The van der Waals surface area contributed by atoms with Crippen molar-refractivity contribution >= 4 is 11.8 Å². The van der Waals surface area contributed by atoms with Gasteiger partial charge < -0.3 is 4.57 Å². The Morgan fingerprint density at radius 3 is 2.69 bits per heavy atom. The number of aromatic nitrogens is 2. The van der Waals surface area contributed by atoms with E-state index in [2.05, 4.69) is 0 Å². The molecule has 4 nitrogen and oxygen atoms in total. The maximum absolute atomic E-state index is 11.9. The molecule has 0 fully saturated rings. The van der Waals surface area contributed by atoms with E-state index in [0.717, 1.165) is 18.6 Å². The van der Waals surface area contributed by atoms with Crippen LogP contribution in [-0.4, -0.2) is 21.1 Å². The van der Waals surface area contributed by atoms with E-state index >= 15 is 0 Å². The zero-order valence-corrected chi connectivity index (χ0v) is 10.6. The van der Waals surface area contributed by atoms with E-state index in [1.54, 1.807) is 22.5 Å². The van der Waals surface area contributed by atoms with Crippen LogP contribution in [0.4, 0.5) is 0 Å². The Bertz CT molecular complexity index is 436. The lowest BCUT2D eigenvalue weighted by molar-refractivity contribution is 0.542. The van der Waals surface area contributed by atoms with Crippen LogP contribution >= 0.6 is 11.8 Å². The lowest BCUT2D eigenvalue weighted by atomic mass is 10.4. The van der Waals surface area contributed by atoms with Crippen LogP contribution in [-0.2, 0) is 13.1 Å². The summed E-state index contributed by atoms with van der Waals surface area (Å²) in [5.74, 6) is 0.967. The Labute approximate surface area is 99.3 Å². The topological polar surface area (TPSA) is 44.0 Å². The minimum Gasteiger partial charge on any atom is -0.300 e. The van der Waals surface area contributed by atoms with Gasteiger partial charge in [-0.05, 0) is 24.9 Å². The number of thioether (sulfide) groups is 1. The third kappa shape index (κ3) is 3.27. The van der Waals surface area contributed by atoms with Crippen molar-refractivity contribution in [1.29, 1.82) is 0 Å².